The molecule has 1 aromatic carbocycles. The Kier molecular flexibility index (Phi) is 4.47. The van der Waals surface area contributed by atoms with Gasteiger partial charge in [0, 0.05) is 11.7 Å². The van der Waals surface area contributed by atoms with E-state index >= 15 is 0 Å². The van der Waals surface area contributed by atoms with Gasteiger partial charge in [0.15, 0.2) is 5.78 Å². The number of rotatable bonds is 5. The summed E-state index contributed by atoms with van der Waals surface area (Å²) in [5.41, 5.74) is 0.760. The zero-order valence-electron chi connectivity index (χ0n) is 10.0. The van der Waals surface area contributed by atoms with E-state index in [1.807, 2.05) is 0 Å². The first-order chi connectivity index (χ1) is 7.60. The Morgan fingerprint density at radius 2 is 2.00 bits per heavy atom. The molecular weight excluding hydrogens is 205 g/mol. The molecule has 0 amide bonds. The standard InChI is InChI=1S/C13H18FNO/c1-4-10(5-2)15-12-8-6-7-11(14)13(12)9(3)16/h6-8,10,15H,4-5H2,1-3H3. The van der Waals surface area contributed by atoms with Gasteiger partial charge in [-0.05, 0) is 31.9 Å². The minimum Gasteiger partial charge on any atom is -0.382 e. The number of Topliss-reactive ketones (excluding diaryl/α,β-unsaturated/α-hetero) is 1. The van der Waals surface area contributed by atoms with Crippen molar-refractivity contribution < 1.29 is 9.18 Å². The van der Waals surface area contributed by atoms with E-state index in [0.29, 0.717) is 5.69 Å². The molecule has 0 aromatic heterocycles. The van der Waals surface area contributed by atoms with Gasteiger partial charge in [-0.3, -0.25) is 4.79 Å². The molecule has 2 nitrogen and oxygen atoms in total. The number of anilines is 1. The van der Waals surface area contributed by atoms with Gasteiger partial charge >= 0.3 is 0 Å². The van der Waals surface area contributed by atoms with Crippen LogP contribution in [0.15, 0.2) is 18.2 Å². The van der Waals surface area contributed by atoms with Crippen LogP contribution in [-0.2, 0) is 0 Å². The summed E-state index contributed by atoms with van der Waals surface area (Å²) in [7, 11) is 0. The van der Waals surface area contributed by atoms with Crippen LogP contribution in [0.1, 0.15) is 44.0 Å². The molecule has 0 saturated heterocycles. The number of benzene rings is 1. The second kappa shape index (κ2) is 5.64. The van der Waals surface area contributed by atoms with E-state index in [-0.39, 0.29) is 17.4 Å². The average molecular weight is 223 g/mol. The average Bonchev–Trinajstić information content (AvgIpc) is 2.25. The summed E-state index contributed by atoms with van der Waals surface area (Å²) in [6.07, 6.45) is 1.90. The van der Waals surface area contributed by atoms with Crippen molar-refractivity contribution in [2.45, 2.75) is 39.7 Å². The molecule has 0 bridgehead atoms. The zero-order valence-corrected chi connectivity index (χ0v) is 10.0. The van der Waals surface area contributed by atoms with Gasteiger partial charge in [-0.2, -0.15) is 0 Å². The molecule has 88 valence electrons. The number of hydrogen-bond donors (Lipinski definition) is 1. The van der Waals surface area contributed by atoms with Crippen molar-refractivity contribution in [3.8, 4) is 0 Å². The second-order valence-electron chi connectivity index (χ2n) is 3.88. The maximum absolute atomic E-state index is 13.5. The van der Waals surface area contributed by atoms with Crippen LogP contribution in [0.2, 0.25) is 0 Å². The Morgan fingerprint density at radius 3 is 2.50 bits per heavy atom. The molecule has 0 aliphatic rings. The lowest BCUT2D eigenvalue weighted by molar-refractivity contribution is 0.101. The molecule has 0 heterocycles. The maximum atomic E-state index is 13.5. The summed E-state index contributed by atoms with van der Waals surface area (Å²) in [5, 5.41) is 3.21. The van der Waals surface area contributed by atoms with E-state index in [0.717, 1.165) is 12.8 Å². The van der Waals surface area contributed by atoms with Crippen molar-refractivity contribution in [2.24, 2.45) is 0 Å². The molecule has 1 rings (SSSR count). The Hall–Kier alpha value is -1.38. The van der Waals surface area contributed by atoms with E-state index < -0.39 is 5.82 Å². The molecule has 0 aliphatic heterocycles. The highest BCUT2D eigenvalue weighted by Crippen LogP contribution is 2.21. The van der Waals surface area contributed by atoms with Crippen molar-refractivity contribution in [1.29, 1.82) is 0 Å². The van der Waals surface area contributed by atoms with Crippen molar-refractivity contribution in [3.63, 3.8) is 0 Å². The molecule has 0 fully saturated rings. The van der Waals surface area contributed by atoms with Crippen molar-refractivity contribution >= 4 is 11.5 Å². The molecule has 1 N–H and O–H groups in total. The highest BCUT2D eigenvalue weighted by molar-refractivity contribution is 5.99. The Labute approximate surface area is 95.9 Å². The number of ketones is 1. The maximum Gasteiger partial charge on any atom is 0.164 e. The molecule has 0 aliphatic carbocycles. The van der Waals surface area contributed by atoms with Gasteiger partial charge in [-0.1, -0.05) is 19.9 Å². The molecule has 0 unspecified atom stereocenters. The summed E-state index contributed by atoms with van der Waals surface area (Å²) < 4.78 is 13.5. The molecule has 0 atom stereocenters. The summed E-state index contributed by atoms with van der Waals surface area (Å²) in [6, 6.07) is 4.96. The monoisotopic (exact) mass is 223 g/mol. The van der Waals surface area contributed by atoms with Crippen LogP contribution >= 0.6 is 0 Å². The highest BCUT2D eigenvalue weighted by Gasteiger charge is 2.14. The van der Waals surface area contributed by atoms with Gasteiger partial charge in [0.05, 0.1) is 5.56 Å². The molecule has 0 radical (unpaired) electrons. The van der Waals surface area contributed by atoms with Gasteiger partial charge in [-0.25, -0.2) is 4.39 Å². The first-order valence-corrected chi connectivity index (χ1v) is 5.66. The number of hydrogen-bond acceptors (Lipinski definition) is 2. The van der Waals surface area contributed by atoms with Crippen LogP contribution in [0.3, 0.4) is 0 Å². The third-order valence-corrected chi connectivity index (χ3v) is 2.71. The van der Waals surface area contributed by atoms with Crippen molar-refractivity contribution in [1.82, 2.24) is 0 Å². The summed E-state index contributed by atoms with van der Waals surface area (Å²) in [4.78, 5) is 11.4. The van der Waals surface area contributed by atoms with E-state index in [4.69, 9.17) is 0 Å². The summed E-state index contributed by atoms with van der Waals surface area (Å²) in [5.74, 6) is -0.699. The van der Waals surface area contributed by atoms with Gasteiger partial charge < -0.3 is 5.32 Å². The van der Waals surface area contributed by atoms with Crippen molar-refractivity contribution in [3.05, 3.63) is 29.6 Å². The molecule has 3 heteroatoms. The fourth-order valence-electron chi connectivity index (χ4n) is 1.71. The predicted molar refractivity (Wildman–Crippen MR) is 64.4 cm³/mol. The van der Waals surface area contributed by atoms with E-state index in [9.17, 15) is 9.18 Å². The summed E-state index contributed by atoms with van der Waals surface area (Å²) in [6.45, 7) is 5.51. The Bertz CT molecular complexity index is 372. The fraction of sp³-hybridized carbons (Fsp3) is 0.462. The van der Waals surface area contributed by atoms with Crippen LogP contribution in [0.4, 0.5) is 10.1 Å². The van der Waals surface area contributed by atoms with Gasteiger partial charge in [0.25, 0.3) is 0 Å². The minimum atomic E-state index is -0.455. The number of nitrogens with one attached hydrogen (secondary N) is 1. The lowest BCUT2D eigenvalue weighted by Crippen LogP contribution is -2.19. The first kappa shape index (κ1) is 12.7. The SMILES string of the molecule is CCC(CC)Nc1cccc(F)c1C(C)=O. The first-order valence-electron chi connectivity index (χ1n) is 5.66. The number of halogens is 1. The van der Waals surface area contributed by atoms with Gasteiger partial charge in [0.2, 0.25) is 0 Å². The lowest BCUT2D eigenvalue weighted by atomic mass is 10.1. The van der Waals surface area contributed by atoms with Crippen LogP contribution < -0.4 is 5.32 Å². The molecule has 16 heavy (non-hydrogen) atoms. The second-order valence-corrected chi connectivity index (χ2v) is 3.88. The van der Waals surface area contributed by atoms with Gasteiger partial charge in [0.1, 0.15) is 5.82 Å². The Balaban J connectivity index is 3.03. The van der Waals surface area contributed by atoms with Crippen LogP contribution in [0.5, 0.6) is 0 Å². The fourth-order valence-corrected chi connectivity index (χ4v) is 1.71. The number of carbonyl (C=O) groups is 1. The smallest absolute Gasteiger partial charge is 0.164 e. The molecular formula is C13H18FNO. The summed E-state index contributed by atoms with van der Waals surface area (Å²) >= 11 is 0. The third-order valence-electron chi connectivity index (χ3n) is 2.71. The lowest BCUT2D eigenvalue weighted by Gasteiger charge is -2.18. The molecule has 0 spiro atoms. The Morgan fingerprint density at radius 1 is 1.38 bits per heavy atom. The van der Waals surface area contributed by atoms with E-state index in [2.05, 4.69) is 19.2 Å². The quantitative estimate of drug-likeness (QED) is 0.772. The largest absolute Gasteiger partial charge is 0.382 e. The van der Waals surface area contributed by atoms with Gasteiger partial charge in [-0.15, -0.1) is 0 Å². The van der Waals surface area contributed by atoms with Crippen LogP contribution in [0, 0.1) is 5.82 Å². The normalized spacial score (nSPS) is 10.6. The van der Waals surface area contributed by atoms with E-state index in [1.165, 1.54) is 13.0 Å². The highest BCUT2D eigenvalue weighted by atomic mass is 19.1. The predicted octanol–water partition coefficient (Wildman–Crippen LogP) is 3.63. The third kappa shape index (κ3) is 2.81. The minimum absolute atomic E-state index is 0.161. The van der Waals surface area contributed by atoms with Crippen LogP contribution in [-0.4, -0.2) is 11.8 Å². The molecule has 0 saturated carbocycles. The topological polar surface area (TPSA) is 29.1 Å². The van der Waals surface area contributed by atoms with Crippen LogP contribution in [0.25, 0.3) is 0 Å². The van der Waals surface area contributed by atoms with E-state index in [1.54, 1.807) is 12.1 Å². The number of carbonyl (C=O) groups excluding carboxylic acids is 1. The zero-order chi connectivity index (χ0) is 12.1. The van der Waals surface area contributed by atoms with Crippen molar-refractivity contribution in [2.75, 3.05) is 5.32 Å². The molecule has 1 aromatic rings.